The number of thioether (sulfide) groups is 1. The van der Waals surface area contributed by atoms with Gasteiger partial charge in [0.2, 0.25) is 5.91 Å². The maximum atomic E-state index is 12.6. The fraction of sp³-hybridized carbons (Fsp3) is 0.211. The Morgan fingerprint density at radius 1 is 1.38 bits per heavy atom. The van der Waals surface area contributed by atoms with Gasteiger partial charge in [-0.05, 0) is 17.7 Å². The number of fused-ring (bicyclic) bond motifs is 1. The van der Waals surface area contributed by atoms with Crippen LogP contribution < -0.4 is 15.6 Å². The molecule has 1 aromatic heterocycles. The number of carbonyl (C=O) groups excluding carboxylic acids is 1. The summed E-state index contributed by atoms with van der Waals surface area (Å²) < 4.78 is 5.36. The van der Waals surface area contributed by atoms with Crippen molar-refractivity contribution in [2.75, 3.05) is 17.7 Å². The van der Waals surface area contributed by atoms with Crippen LogP contribution in [-0.4, -0.2) is 28.2 Å². The minimum absolute atomic E-state index is 0.173. The van der Waals surface area contributed by atoms with E-state index in [0.717, 1.165) is 5.56 Å². The summed E-state index contributed by atoms with van der Waals surface area (Å²) in [6.07, 6.45) is 7.08. The first-order valence-electron chi connectivity index (χ1n) is 7.96. The van der Waals surface area contributed by atoms with Crippen LogP contribution in [0.3, 0.4) is 0 Å². The summed E-state index contributed by atoms with van der Waals surface area (Å²) in [4.78, 5) is 31.9. The number of nitrogens with zero attached hydrogens (tertiary/aromatic N) is 1. The fourth-order valence-corrected chi connectivity index (χ4v) is 3.36. The van der Waals surface area contributed by atoms with Gasteiger partial charge in [-0.3, -0.25) is 9.59 Å². The van der Waals surface area contributed by atoms with Gasteiger partial charge in [-0.1, -0.05) is 35.9 Å². The molecule has 0 saturated carbocycles. The molecule has 2 N–H and O–H groups in total. The first-order valence-corrected chi connectivity index (χ1v) is 8.95. The Morgan fingerprint density at radius 3 is 2.85 bits per heavy atom. The monoisotopic (exact) mass is 367 g/mol. The molecule has 2 heterocycles. The minimum Gasteiger partial charge on any atom is -0.481 e. The molecule has 0 bridgehead atoms. The lowest BCUT2D eigenvalue weighted by molar-refractivity contribution is -0.116. The topological polar surface area (TPSA) is 84.1 Å². The normalized spacial score (nSPS) is 15.5. The lowest BCUT2D eigenvalue weighted by Crippen LogP contribution is -2.31. The predicted octanol–water partition coefficient (Wildman–Crippen LogP) is 2.53. The second-order valence-electron chi connectivity index (χ2n) is 5.60. The zero-order valence-electron chi connectivity index (χ0n) is 14.0. The Bertz CT molecular complexity index is 929. The van der Waals surface area contributed by atoms with E-state index >= 15 is 0 Å². The molecule has 3 rings (SSSR count). The van der Waals surface area contributed by atoms with E-state index in [1.165, 1.54) is 11.8 Å². The van der Waals surface area contributed by atoms with Gasteiger partial charge in [0.1, 0.15) is 18.2 Å². The average Bonchev–Trinajstić information content (AvgIpc) is 2.64. The van der Waals surface area contributed by atoms with Crippen molar-refractivity contribution < 1.29 is 9.53 Å². The molecule has 132 valence electrons. The number of anilines is 1. The first kappa shape index (κ1) is 17.8. The van der Waals surface area contributed by atoms with E-state index in [1.54, 1.807) is 18.2 Å². The van der Waals surface area contributed by atoms with Gasteiger partial charge in [0.15, 0.2) is 5.16 Å². The number of benzene rings is 1. The first-order chi connectivity index (χ1) is 12.6. The lowest BCUT2D eigenvalue weighted by atomic mass is 9.87. The third-order valence-electron chi connectivity index (χ3n) is 3.87. The third-order valence-corrected chi connectivity index (χ3v) is 4.74. The third kappa shape index (κ3) is 3.81. The van der Waals surface area contributed by atoms with Gasteiger partial charge in [-0.2, -0.15) is 0 Å². The van der Waals surface area contributed by atoms with Crippen LogP contribution in [-0.2, 0) is 4.79 Å². The molecule has 2 aromatic rings. The number of aromatic amines is 1. The Balaban J connectivity index is 1.95. The quantitative estimate of drug-likeness (QED) is 0.355. The van der Waals surface area contributed by atoms with Crippen LogP contribution in [0.5, 0.6) is 5.75 Å². The van der Waals surface area contributed by atoms with E-state index in [1.807, 2.05) is 12.1 Å². The Hall–Kier alpha value is -2.98. The maximum Gasteiger partial charge on any atom is 0.257 e. The van der Waals surface area contributed by atoms with Gasteiger partial charge in [0.05, 0.1) is 5.56 Å². The summed E-state index contributed by atoms with van der Waals surface area (Å²) in [5.41, 5.74) is 1.05. The summed E-state index contributed by atoms with van der Waals surface area (Å²) in [6.45, 7) is 3.83. The molecule has 0 spiro atoms. The van der Waals surface area contributed by atoms with Crippen LogP contribution in [0, 0.1) is 12.3 Å². The van der Waals surface area contributed by atoms with Gasteiger partial charge < -0.3 is 15.0 Å². The van der Waals surface area contributed by atoms with Crippen molar-refractivity contribution in [1.82, 2.24) is 9.97 Å². The molecular weight excluding hydrogens is 350 g/mol. The van der Waals surface area contributed by atoms with Crippen LogP contribution in [0.25, 0.3) is 0 Å². The number of aromatic nitrogens is 2. The second kappa shape index (κ2) is 7.93. The fourth-order valence-electron chi connectivity index (χ4n) is 2.76. The minimum atomic E-state index is -0.366. The number of ether oxygens (including phenoxy) is 1. The molecular formula is C19H17N3O3S. The molecule has 0 radical (unpaired) electrons. The zero-order valence-corrected chi connectivity index (χ0v) is 14.8. The molecule has 1 aliphatic rings. The van der Waals surface area contributed by atoms with Crippen molar-refractivity contribution in [3.8, 4) is 18.1 Å². The van der Waals surface area contributed by atoms with E-state index in [0.29, 0.717) is 28.0 Å². The summed E-state index contributed by atoms with van der Waals surface area (Å²) in [5.74, 6) is 3.42. The molecule has 0 fully saturated rings. The number of hydrogen-bond acceptors (Lipinski definition) is 5. The van der Waals surface area contributed by atoms with Gasteiger partial charge in [0, 0.05) is 18.1 Å². The number of H-pyrrole nitrogens is 1. The van der Waals surface area contributed by atoms with Crippen molar-refractivity contribution in [2.45, 2.75) is 17.5 Å². The summed E-state index contributed by atoms with van der Waals surface area (Å²) >= 11 is 1.35. The van der Waals surface area contributed by atoms with Crippen molar-refractivity contribution in [1.29, 1.82) is 0 Å². The van der Waals surface area contributed by atoms with E-state index in [2.05, 4.69) is 27.8 Å². The maximum absolute atomic E-state index is 12.6. The molecule has 1 atom stereocenters. The second-order valence-corrected chi connectivity index (χ2v) is 6.61. The summed E-state index contributed by atoms with van der Waals surface area (Å²) in [5, 5.41) is 3.15. The van der Waals surface area contributed by atoms with Crippen molar-refractivity contribution in [2.24, 2.45) is 0 Å². The Kier molecular flexibility index (Phi) is 5.44. The standard InChI is InChI=1S/C19H17N3O3S/c1-3-9-25-13-7-5-12(6-8-13)14-11-15(23)20-17-16(14)18(24)22-19(21-17)26-10-4-2/h1,4-8,14H,2,9-11H2,(H2,20,21,22,23,24)/t14-/m0/s1. The molecule has 7 heteroatoms. The molecule has 1 amide bonds. The highest BCUT2D eigenvalue weighted by atomic mass is 32.2. The highest BCUT2D eigenvalue weighted by molar-refractivity contribution is 7.99. The summed E-state index contributed by atoms with van der Waals surface area (Å²) in [7, 11) is 0. The predicted molar refractivity (Wildman–Crippen MR) is 102 cm³/mol. The zero-order chi connectivity index (χ0) is 18.5. The van der Waals surface area contributed by atoms with Crippen molar-refractivity contribution in [3.05, 3.63) is 58.4 Å². The van der Waals surface area contributed by atoms with Gasteiger partial charge >= 0.3 is 0 Å². The van der Waals surface area contributed by atoms with Crippen molar-refractivity contribution in [3.63, 3.8) is 0 Å². The van der Waals surface area contributed by atoms with E-state index in [9.17, 15) is 9.59 Å². The summed E-state index contributed by atoms with van der Waals surface area (Å²) in [6, 6.07) is 7.21. The molecule has 0 unspecified atom stereocenters. The van der Waals surface area contributed by atoms with Crippen molar-refractivity contribution >= 4 is 23.5 Å². The average molecular weight is 367 g/mol. The van der Waals surface area contributed by atoms with E-state index in [-0.39, 0.29) is 30.4 Å². The molecule has 6 nitrogen and oxygen atoms in total. The highest BCUT2D eigenvalue weighted by Crippen LogP contribution is 2.35. The van der Waals surface area contributed by atoms with Gasteiger partial charge in [-0.25, -0.2) is 4.98 Å². The largest absolute Gasteiger partial charge is 0.481 e. The van der Waals surface area contributed by atoms with Crippen LogP contribution in [0.2, 0.25) is 0 Å². The molecule has 26 heavy (non-hydrogen) atoms. The number of terminal acetylenes is 1. The van der Waals surface area contributed by atoms with Crippen LogP contribution in [0.4, 0.5) is 5.82 Å². The molecule has 1 aliphatic heterocycles. The Labute approximate surface area is 155 Å². The number of hydrogen-bond donors (Lipinski definition) is 2. The molecule has 0 aliphatic carbocycles. The van der Waals surface area contributed by atoms with E-state index < -0.39 is 0 Å². The highest BCUT2D eigenvalue weighted by Gasteiger charge is 2.30. The molecule has 1 aromatic carbocycles. The number of amides is 1. The number of carbonyl (C=O) groups is 1. The van der Waals surface area contributed by atoms with Crippen LogP contribution >= 0.6 is 11.8 Å². The number of rotatable bonds is 6. The van der Waals surface area contributed by atoms with Gasteiger partial charge in [0.25, 0.3) is 5.56 Å². The van der Waals surface area contributed by atoms with E-state index in [4.69, 9.17) is 11.2 Å². The Morgan fingerprint density at radius 2 is 2.15 bits per heavy atom. The van der Waals surface area contributed by atoms with Crippen LogP contribution in [0.1, 0.15) is 23.5 Å². The lowest BCUT2D eigenvalue weighted by Gasteiger charge is -2.24. The SMILES string of the molecule is C#CCOc1ccc([C@@H]2CC(=O)Nc3nc(SCC=C)[nH]c(=O)c32)cc1. The molecule has 0 saturated heterocycles. The van der Waals surface area contributed by atoms with Gasteiger partial charge in [-0.15, -0.1) is 13.0 Å². The van der Waals surface area contributed by atoms with Crippen LogP contribution in [0.15, 0.2) is 46.9 Å². The smallest absolute Gasteiger partial charge is 0.257 e. The number of nitrogens with one attached hydrogen (secondary N) is 2.